The lowest BCUT2D eigenvalue weighted by molar-refractivity contribution is -0.117. The minimum absolute atomic E-state index is 0.116. The lowest BCUT2D eigenvalue weighted by Crippen LogP contribution is -2.33. The highest BCUT2D eigenvalue weighted by atomic mass is 19.1. The van der Waals surface area contributed by atoms with Crippen LogP contribution in [0.15, 0.2) is 60.7 Å². The van der Waals surface area contributed by atoms with Crippen LogP contribution in [0.1, 0.15) is 55.7 Å². The minimum atomic E-state index is -0.528. The number of anilines is 2. The molecule has 2 unspecified atom stereocenters. The number of hydrogen-bond acceptors (Lipinski definition) is 5. The van der Waals surface area contributed by atoms with Crippen LogP contribution >= 0.6 is 0 Å². The van der Waals surface area contributed by atoms with Crippen LogP contribution in [0.3, 0.4) is 0 Å². The first-order valence-corrected chi connectivity index (χ1v) is 13.9. The first-order valence-electron chi connectivity index (χ1n) is 13.9. The Bertz CT molecular complexity index is 1380. The van der Waals surface area contributed by atoms with Gasteiger partial charge in [-0.15, -0.1) is 0 Å². The Labute approximate surface area is 234 Å². The molecule has 1 aromatic heterocycles. The lowest BCUT2D eigenvalue weighted by Gasteiger charge is -2.21. The third-order valence-electron chi connectivity index (χ3n) is 7.67. The fourth-order valence-corrected chi connectivity index (χ4v) is 5.16. The zero-order chi connectivity index (χ0) is 28.1. The summed E-state index contributed by atoms with van der Waals surface area (Å²) in [6.45, 7) is 4.14. The zero-order valence-corrected chi connectivity index (χ0v) is 23.0. The highest BCUT2D eigenvalue weighted by Gasteiger charge is 2.26. The number of aromatic amines is 1. The highest BCUT2D eigenvalue weighted by Crippen LogP contribution is 2.39. The molecule has 2 aromatic carbocycles. The Morgan fingerprint density at radius 1 is 1.15 bits per heavy atom. The molecule has 1 aliphatic carbocycles. The van der Waals surface area contributed by atoms with Crippen molar-refractivity contribution in [3.63, 3.8) is 0 Å². The van der Waals surface area contributed by atoms with Crippen molar-refractivity contribution >= 4 is 23.3 Å². The second kappa shape index (κ2) is 12.6. The molecule has 8 nitrogen and oxygen atoms in total. The first-order chi connectivity index (χ1) is 19.4. The normalized spacial score (nSPS) is 18.2. The largest absolute Gasteiger partial charge is 0.383 e. The van der Waals surface area contributed by atoms with Crippen LogP contribution in [0, 0.1) is 5.82 Å². The molecule has 1 saturated heterocycles. The number of rotatable bonds is 11. The Balaban J connectivity index is 1.18. The second-order valence-corrected chi connectivity index (χ2v) is 10.7. The van der Waals surface area contributed by atoms with E-state index in [1.165, 1.54) is 12.1 Å². The standard InChI is InChI=1S/C31H36FN5O3/c1-20(31(39)34-29-18-28(35-36-29)21-10-11-21)22-6-3-7-23(16-22)24-12-13-27(26(32)17-24)33-30(38)9-5-15-37-14-4-8-25(37)19-40-2/h3,5-7,9,12-13,16-18,20-21,25H,4,8,10-11,14-15,19H2,1-2H3,(H,33,38)(H2,34,35,36,39)/b9-5+. The van der Waals surface area contributed by atoms with Gasteiger partial charge in [-0.1, -0.05) is 36.4 Å². The van der Waals surface area contributed by atoms with Gasteiger partial charge in [-0.25, -0.2) is 4.39 Å². The van der Waals surface area contributed by atoms with E-state index in [0.717, 1.165) is 49.0 Å². The molecular weight excluding hydrogens is 509 g/mol. The Hall–Kier alpha value is -3.82. The number of benzene rings is 2. The van der Waals surface area contributed by atoms with Crippen LogP contribution in [0.5, 0.6) is 0 Å². The maximum absolute atomic E-state index is 15.0. The van der Waals surface area contributed by atoms with Crippen molar-refractivity contribution < 1.29 is 18.7 Å². The summed E-state index contributed by atoms with van der Waals surface area (Å²) >= 11 is 0. The molecule has 1 aliphatic heterocycles. The van der Waals surface area contributed by atoms with E-state index in [2.05, 4.69) is 25.7 Å². The number of likely N-dealkylation sites (tertiary alicyclic amines) is 1. The van der Waals surface area contributed by atoms with Crippen molar-refractivity contribution in [3.05, 3.63) is 77.8 Å². The fourth-order valence-electron chi connectivity index (χ4n) is 5.16. The van der Waals surface area contributed by atoms with E-state index in [9.17, 15) is 14.0 Å². The Kier molecular flexibility index (Phi) is 8.72. The number of carbonyl (C=O) groups excluding carboxylic acids is 2. The summed E-state index contributed by atoms with van der Waals surface area (Å²) in [6.07, 6.45) is 7.76. The molecule has 0 spiro atoms. The van der Waals surface area contributed by atoms with Gasteiger partial charge in [0.1, 0.15) is 5.82 Å². The Morgan fingerprint density at radius 3 is 2.75 bits per heavy atom. The van der Waals surface area contributed by atoms with Crippen LogP contribution in [0.2, 0.25) is 0 Å². The number of methoxy groups -OCH3 is 1. The summed E-state index contributed by atoms with van der Waals surface area (Å²) in [7, 11) is 1.70. The van der Waals surface area contributed by atoms with Gasteiger partial charge < -0.3 is 15.4 Å². The van der Waals surface area contributed by atoms with E-state index in [0.29, 0.717) is 36.5 Å². The quantitative estimate of drug-likeness (QED) is 0.279. The molecule has 40 heavy (non-hydrogen) atoms. The van der Waals surface area contributed by atoms with Crippen molar-refractivity contribution in [2.45, 2.75) is 50.5 Å². The van der Waals surface area contributed by atoms with E-state index in [4.69, 9.17) is 4.74 Å². The molecule has 2 fully saturated rings. The molecule has 5 rings (SSSR count). The predicted molar refractivity (Wildman–Crippen MR) is 154 cm³/mol. The van der Waals surface area contributed by atoms with E-state index in [-0.39, 0.29) is 17.5 Å². The van der Waals surface area contributed by atoms with Gasteiger partial charge in [0.2, 0.25) is 11.8 Å². The summed E-state index contributed by atoms with van der Waals surface area (Å²) in [5.41, 5.74) is 3.41. The molecule has 0 bridgehead atoms. The summed E-state index contributed by atoms with van der Waals surface area (Å²) in [5, 5.41) is 12.7. The van der Waals surface area contributed by atoms with Crippen molar-refractivity contribution in [1.82, 2.24) is 15.1 Å². The molecule has 9 heteroatoms. The van der Waals surface area contributed by atoms with Gasteiger partial charge in [-0.05, 0) is 68.0 Å². The highest BCUT2D eigenvalue weighted by molar-refractivity contribution is 5.99. The van der Waals surface area contributed by atoms with Gasteiger partial charge in [0.25, 0.3) is 0 Å². The van der Waals surface area contributed by atoms with Crippen LogP contribution in [0.25, 0.3) is 11.1 Å². The maximum atomic E-state index is 15.0. The number of carbonyl (C=O) groups is 2. The third-order valence-corrected chi connectivity index (χ3v) is 7.67. The molecule has 3 aromatic rings. The average molecular weight is 546 g/mol. The number of amides is 2. The SMILES string of the molecule is COCC1CCCN1C/C=C/C(=O)Nc1ccc(-c2cccc(C(C)C(=O)Nc3cc(C4CC4)[nH]n3)c2)cc1F. The lowest BCUT2D eigenvalue weighted by atomic mass is 9.95. The second-order valence-electron chi connectivity index (χ2n) is 10.7. The van der Waals surface area contributed by atoms with E-state index in [1.54, 1.807) is 25.3 Å². The van der Waals surface area contributed by atoms with Gasteiger partial charge in [0.05, 0.1) is 18.2 Å². The van der Waals surface area contributed by atoms with Crippen LogP contribution in [-0.4, -0.2) is 59.8 Å². The summed E-state index contributed by atoms with van der Waals surface area (Å²) in [5.74, 6) is -0.449. The molecule has 2 aliphatic rings. The number of H-pyrrole nitrogens is 1. The fraction of sp³-hybridized carbons (Fsp3) is 0.387. The summed E-state index contributed by atoms with van der Waals surface area (Å²) < 4.78 is 20.2. The molecule has 2 atom stereocenters. The van der Waals surface area contributed by atoms with Crippen molar-refractivity contribution in [2.75, 3.05) is 37.4 Å². The average Bonchev–Trinajstić information content (AvgIpc) is 3.55. The topological polar surface area (TPSA) is 99.4 Å². The van der Waals surface area contributed by atoms with Crippen molar-refractivity contribution in [2.24, 2.45) is 0 Å². The van der Waals surface area contributed by atoms with Crippen molar-refractivity contribution in [3.8, 4) is 11.1 Å². The zero-order valence-electron chi connectivity index (χ0n) is 23.0. The van der Waals surface area contributed by atoms with E-state index in [1.807, 2.05) is 37.3 Å². The van der Waals surface area contributed by atoms with E-state index >= 15 is 0 Å². The van der Waals surface area contributed by atoms with Gasteiger partial charge in [0, 0.05) is 43.5 Å². The molecule has 1 saturated carbocycles. The minimum Gasteiger partial charge on any atom is -0.383 e. The molecule has 0 radical (unpaired) electrons. The van der Waals surface area contributed by atoms with Gasteiger partial charge in [-0.3, -0.25) is 19.6 Å². The molecule has 210 valence electrons. The van der Waals surface area contributed by atoms with Crippen molar-refractivity contribution in [1.29, 1.82) is 0 Å². The predicted octanol–water partition coefficient (Wildman–Crippen LogP) is 5.44. The van der Waals surface area contributed by atoms with Crippen LogP contribution in [0.4, 0.5) is 15.9 Å². The van der Waals surface area contributed by atoms with Crippen LogP contribution < -0.4 is 10.6 Å². The molecule has 3 N–H and O–H groups in total. The maximum Gasteiger partial charge on any atom is 0.248 e. The smallest absolute Gasteiger partial charge is 0.248 e. The first kappa shape index (κ1) is 27.7. The molecular formula is C31H36FN5O3. The van der Waals surface area contributed by atoms with Gasteiger partial charge in [0.15, 0.2) is 5.82 Å². The molecule has 2 amide bonds. The molecule has 2 heterocycles. The third kappa shape index (κ3) is 6.84. The Morgan fingerprint density at radius 2 is 1.98 bits per heavy atom. The summed E-state index contributed by atoms with van der Waals surface area (Å²) in [4.78, 5) is 27.6. The number of hydrogen-bond donors (Lipinski definition) is 3. The monoisotopic (exact) mass is 545 g/mol. The number of nitrogens with one attached hydrogen (secondary N) is 3. The number of nitrogens with zero attached hydrogens (tertiary/aromatic N) is 2. The van der Waals surface area contributed by atoms with Gasteiger partial charge in [-0.2, -0.15) is 5.10 Å². The number of halogens is 1. The van der Waals surface area contributed by atoms with Gasteiger partial charge >= 0.3 is 0 Å². The van der Waals surface area contributed by atoms with E-state index < -0.39 is 11.7 Å². The summed E-state index contributed by atoms with van der Waals surface area (Å²) in [6, 6.07) is 14.5. The number of ether oxygens (including phenoxy) is 1. The number of aromatic nitrogens is 2. The van der Waals surface area contributed by atoms with Crippen LogP contribution in [-0.2, 0) is 14.3 Å².